The Kier molecular flexibility index (Phi) is 7.07. The molecular weight excluding hydrogens is 396 g/mol. The number of hydrogen-bond acceptors (Lipinski definition) is 5. The molecule has 2 aromatic rings. The number of aromatic nitrogens is 3. The summed E-state index contributed by atoms with van der Waals surface area (Å²) in [5, 5.41) is 9.36. The minimum absolute atomic E-state index is 0.156. The number of H-pyrrole nitrogens is 1. The molecule has 0 radical (unpaired) electrons. The fourth-order valence-corrected chi connectivity index (χ4v) is 3.26. The zero-order valence-corrected chi connectivity index (χ0v) is 15.8. The van der Waals surface area contributed by atoms with Gasteiger partial charge in [-0.1, -0.05) is 33.8 Å². The molecule has 1 atom stereocenters. The average molecular weight is 415 g/mol. The number of nitrogens with zero attached hydrogens (tertiary/aromatic N) is 2. The summed E-state index contributed by atoms with van der Waals surface area (Å²) in [6, 6.07) is 7.37. The van der Waals surface area contributed by atoms with E-state index in [2.05, 4.69) is 31.4 Å². The molecule has 0 saturated carbocycles. The van der Waals surface area contributed by atoms with Crippen molar-refractivity contribution >= 4 is 39.3 Å². The molecule has 1 amide bonds. The molecule has 1 heterocycles. The van der Waals surface area contributed by atoms with Gasteiger partial charge in [0.2, 0.25) is 5.91 Å². The fourth-order valence-electron chi connectivity index (χ4n) is 1.98. The van der Waals surface area contributed by atoms with E-state index in [1.165, 1.54) is 16.3 Å². The van der Waals surface area contributed by atoms with E-state index in [4.69, 9.17) is 4.74 Å². The van der Waals surface area contributed by atoms with Gasteiger partial charge in [0.05, 0.1) is 5.25 Å². The highest BCUT2D eigenvalue weighted by atomic mass is 79.9. The number of thioether (sulfide) groups is 1. The average Bonchev–Trinajstić information content (AvgIpc) is 2.88. The van der Waals surface area contributed by atoms with E-state index < -0.39 is 5.25 Å². The lowest BCUT2D eigenvalue weighted by Crippen LogP contribution is -2.24. The summed E-state index contributed by atoms with van der Waals surface area (Å²) >= 11 is 4.60. The van der Waals surface area contributed by atoms with Crippen LogP contribution in [0.25, 0.3) is 0 Å². The molecule has 0 unspecified atom stereocenters. The number of benzene rings is 1. The van der Waals surface area contributed by atoms with Gasteiger partial charge in [0.1, 0.15) is 0 Å². The molecule has 1 aromatic carbocycles. The first-order chi connectivity index (χ1) is 11.5. The van der Waals surface area contributed by atoms with E-state index in [9.17, 15) is 9.59 Å². The van der Waals surface area contributed by atoms with E-state index in [-0.39, 0.29) is 11.6 Å². The van der Waals surface area contributed by atoms with Gasteiger partial charge in [-0.2, -0.15) is 0 Å². The van der Waals surface area contributed by atoms with Crippen molar-refractivity contribution in [1.29, 1.82) is 0 Å². The van der Waals surface area contributed by atoms with Crippen LogP contribution in [0.4, 0.5) is 5.69 Å². The largest absolute Gasteiger partial charge is 0.385 e. The molecule has 2 rings (SSSR count). The lowest BCUT2D eigenvalue weighted by Gasteiger charge is -2.12. The smallest absolute Gasteiger partial charge is 0.343 e. The van der Waals surface area contributed by atoms with Crippen LogP contribution in [0, 0.1) is 0 Å². The number of amides is 1. The predicted molar refractivity (Wildman–Crippen MR) is 97.4 cm³/mol. The Morgan fingerprint density at radius 2 is 2.33 bits per heavy atom. The van der Waals surface area contributed by atoms with E-state index in [0.29, 0.717) is 30.4 Å². The van der Waals surface area contributed by atoms with Gasteiger partial charge >= 0.3 is 5.69 Å². The van der Waals surface area contributed by atoms with Gasteiger partial charge < -0.3 is 10.1 Å². The van der Waals surface area contributed by atoms with Crippen molar-refractivity contribution in [3.63, 3.8) is 0 Å². The summed E-state index contributed by atoms with van der Waals surface area (Å²) in [5.41, 5.74) is 0.425. The third kappa shape index (κ3) is 5.22. The molecule has 0 spiro atoms. The van der Waals surface area contributed by atoms with Crippen LogP contribution in [0.1, 0.15) is 13.3 Å². The van der Waals surface area contributed by atoms with E-state index >= 15 is 0 Å². The van der Waals surface area contributed by atoms with Gasteiger partial charge in [-0.25, -0.2) is 9.89 Å². The van der Waals surface area contributed by atoms with Crippen LogP contribution in [0.3, 0.4) is 0 Å². The maximum Gasteiger partial charge on any atom is 0.343 e. The quantitative estimate of drug-likeness (QED) is 0.511. The zero-order chi connectivity index (χ0) is 17.5. The minimum Gasteiger partial charge on any atom is -0.385 e. The number of halogens is 1. The van der Waals surface area contributed by atoms with Gasteiger partial charge in [-0.05, 0) is 31.5 Å². The van der Waals surface area contributed by atoms with E-state index in [1.807, 2.05) is 24.3 Å². The maximum atomic E-state index is 12.3. The summed E-state index contributed by atoms with van der Waals surface area (Å²) in [4.78, 5) is 24.1. The maximum absolute atomic E-state index is 12.3. The van der Waals surface area contributed by atoms with Crippen molar-refractivity contribution < 1.29 is 9.53 Å². The molecule has 1 aromatic heterocycles. The molecule has 0 saturated heterocycles. The van der Waals surface area contributed by atoms with Crippen molar-refractivity contribution in [3.8, 4) is 0 Å². The number of methoxy groups -OCH3 is 1. The van der Waals surface area contributed by atoms with Crippen molar-refractivity contribution in [2.75, 3.05) is 19.0 Å². The monoisotopic (exact) mass is 414 g/mol. The minimum atomic E-state index is -0.402. The molecule has 0 aliphatic carbocycles. The SMILES string of the molecule is COCCCn1c(S[C@@H](C)C(=O)Nc2cccc(Br)c2)n[nH]c1=O. The second kappa shape index (κ2) is 9.05. The summed E-state index contributed by atoms with van der Waals surface area (Å²) in [6.45, 7) is 2.82. The fraction of sp³-hybridized carbons (Fsp3) is 0.400. The molecule has 0 aliphatic heterocycles. The molecule has 130 valence electrons. The third-order valence-corrected chi connectivity index (χ3v) is 4.78. The highest BCUT2D eigenvalue weighted by molar-refractivity contribution is 9.10. The second-order valence-corrected chi connectivity index (χ2v) is 7.29. The molecule has 24 heavy (non-hydrogen) atoms. The first kappa shape index (κ1) is 18.8. The van der Waals surface area contributed by atoms with Gasteiger partial charge in [-0.3, -0.25) is 9.36 Å². The highest BCUT2D eigenvalue weighted by Crippen LogP contribution is 2.22. The van der Waals surface area contributed by atoms with Crippen molar-refractivity contribution in [2.24, 2.45) is 0 Å². The van der Waals surface area contributed by atoms with Gasteiger partial charge in [0.25, 0.3) is 0 Å². The highest BCUT2D eigenvalue weighted by Gasteiger charge is 2.19. The number of ether oxygens (including phenoxy) is 1. The van der Waals surface area contributed by atoms with Crippen LogP contribution in [0.15, 0.2) is 38.7 Å². The molecule has 0 aliphatic rings. The second-order valence-electron chi connectivity index (χ2n) is 5.07. The van der Waals surface area contributed by atoms with E-state index in [0.717, 1.165) is 4.47 Å². The predicted octanol–water partition coefficient (Wildman–Crippen LogP) is 2.49. The Bertz CT molecular complexity index is 746. The Hall–Kier alpha value is -1.58. The molecule has 2 N–H and O–H groups in total. The number of carbonyl (C=O) groups is 1. The summed E-state index contributed by atoms with van der Waals surface area (Å²) in [5.74, 6) is -0.156. The van der Waals surface area contributed by atoms with Crippen LogP contribution < -0.4 is 11.0 Å². The zero-order valence-electron chi connectivity index (χ0n) is 13.4. The number of aromatic amines is 1. The Morgan fingerprint density at radius 1 is 1.54 bits per heavy atom. The molecule has 0 fully saturated rings. The Morgan fingerprint density at radius 3 is 3.04 bits per heavy atom. The summed E-state index contributed by atoms with van der Waals surface area (Å²) in [6.07, 6.45) is 0.697. The summed E-state index contributed by atoms with van der Waals surface area (Å²) in [7, 11) is 1.61. The Balaban J connectivity index is 2.00. The van der Waals surface area contributed by atoms with Crippen molar-refractivity contribution in [2.45, 2.75) is 30.3 Å². The van der Waals surface area contributed by atoms with Crippen molar-refractivity contribution in [3.05, 3.63) is 39.2 Å². The van der Waals surface area contributed by atoms with E-state index in [1.54, 1.807) is 14.0 Å². The number of rotatable bonds is 8. The molecule has 9 heteroatoms. The number of hydrogen-bond donors (Lipinski definition) is 2. The Labute approximate surface area is 152 Å². The number of anilines is 1. The van der Waals surface area contributed by atoms with Crippen LogP contribution in [-0.4, -0.2) is 39.6 Å². The summed E-state index contributed by atoms with van der Waals surface area (Å²) < 4.78 is 7.40. The first-order valence-corrected chi connectivity index (χ1v) is 9.05. The molecular formula is C15H19BrN4O3S. The lowest BCUT2D eigenvalue weighted by molar-refractivity contribution is -0.115. The first-order valence-electron chi connectivity index (χ1n) is 7.38. The molecule has 0 bridgehead atoms. The van der Waals surface area contributed by atoms with Crippen LogP contribution in [-0.2, 0) is 16.1 Å². The van der Waals surface area contributed by atoms with Crippen LogP contribution in [0.5, 0.6) is 0 Å². The van der Waals surface area contributed by atoms with Gasteiger partial charge in [0, 0.05) is 30.4 Å². The molecule has 7 nitrogen and oxygen atoms in total. The van der Waals surface area contributed by atoms with Crippen LogP contribution >= 0.6 is 27.7 Å². The third-order valence-electron chi connectivity index (χ3n) is 3.20. The lowest BCUT2D eigenvalue weighted by atomic mass is 10.3. The van der Waals surface area contributed by atoms with Crippen molar-refractivity contribution in [1.82, 2.24) is 14.8 Å². The van der Waals surface area contributed by atoms with Gasteiger partial charge in [-0.15, -0.1) is 5.10 Å². The van der Waals surface area contributed by atoms with Crippen LogP contribution in [0.2, 0.25) is 0 Å². The standard InChI is InChI=1S/C15H19BrN4O3S/c1-10(13(21)17-12-6-3-5-11(16)9-12)24-15-19-18-14(22)20(15)7-4-8-23-2/h3,5-6,9-10H,4,7-8H2,1-2H3,(H,17,21)(H,18,22)/t10-/m0/s1. The normalized spacial score (nSPS) is 12.1. The number of nitrogens with one attached hydrogen (secondary N) is 2. The van der Waals surface area contributed by atoms with Gasteiger partial charge in [0.15, 0.2) is 5.16 Å². The number of carbonyl (C=O) groups excluding carboxylic acids is 1. The topological polar surface area (TPSA) is 89.0 Å².